The van der Waals surface area contributed by atoms with E-state index in [-0.39, 0.29) is 25.4 Å². The Bertz CT molecular complexity index is 1340. The van der Waals surface area contributed by atoms with Gasteiger partial charge in [0.25, 0.3) is 0 Å². The van der Waals surface area contributed by atoms with Gasteiger partial charge in [0.2, 0.25) is 5.91 Å². The molecular formula is C33H37N3O5. The molecule has 5 rings (SSSR count). The summed E-state index contributed by atoms with van der Waals surface area (Å²) in [6.07, 6.45) is 0.871. The number of carbonyl (C=O) groups is 3. The van der Waals surface area contributed by atoms with Crippen LogP contribution in [0.15, 0.2) is 78.9 Å². The predicted molar refractivity (Wildman–Crippen MR) is 156 cm³/mol. The molecule has 0 bridgehead atoms. The van der Waals surface area contributed by atoms with E-state index < -0.39 is 29.6 Å². The first kappa shape index (κ1) is 28.4. The van der Waals surface area contributed by atoms with E-state index in [1.54, 1.807) is 0 Å². The quantitative estimate of drug-likeness (QED) is 0.328. The zero-order chi connectivity index (χ0) is 28.8. The first-order valence-corrected chi connectivity index (χ1v) is 14.3. The summed E-state index contributed by atoms with van der Waals surface area (Å²) in [5, 5.41) is 15.6. The highest BCUT2D eigenvalue weighted by Gasteiger charge is 2.44. The molecule has 3 aromatic rings. The number of rotatable bonds is 10. The van der Waals surface area contributed by atoms with Crippen molar-refractivity contribution >= 4 is 18.0 Å². The fourth-order valence-corrected chi connectivity index (χ4v) is 5.99. The van der Waals surface area contributed by atoms with Crippen LogP contribution < -0.4 is 10.6 Å². The first-order chi connectivity index (χ1) is 19.9. The van der Waals surface area contributed by atoms with Gasteiger partial charge >= 0.3 is 12.1 Å². The Kier molecular flexibility index (Phi) is 8.69. The standard InChI is InChI=1S/C33H37N3O5/c1-2-10-29(30(37)35-33(31(38)39)17-19-36(20-18-33)21-23-11-4-3-5-12-23)34-32(40)41-22-28-26-15-8-6-13-24(26)25-14-7-9-16-27(25)28/h3-9,11-16,28-29H,2,10,17-22H2,1H3,(H,34,40)(H,35,37)(H,38,39)/t29-/m1/s1. The van der Waals surface area contributed by atoms with Crippen molar-refractivity contribution in [3.8, 4) is 11.1 Å². The third-order valence-corrected chi connectivity index (χ3v) is 8.26. The number of aliphatic carboxylic acids is 1. The molecule has 0 radical (unpaired) electrons. The number of nitrogens with zero attached hydrogens (tertiary/aromatic N) is 1. The summed E-state index contributed by atoms with van der Waals surface area (Å²) < 4.78 is 5.65. The Morgan fingerprint density at radius 3 is 2.10 bits per heavy atom. The van der Waals surface area contributed by atoms with E-state index in [0.29, 0.717) is 25.9 Å². The molecule has 1 heterocycles. The Balaban J connectivity index is 1.19. The summed E-state index contributed by atoms with van der Waals surface area (Å²) in [5.41, 5.74) is 4.26. The summed E-state index contributed by atoms with van der Waals surface area (Å²) in [6.45, 7) is 3.86. The first-order valence-electron chi connectivity index (χ1n) is 14.3. The molecule has 0 saturated carbocycles. The van der Waals surface area contributed by atoms with Gasteiger partial charge in [-0.05, 0) is 47.1 Å². The predicted octanol–water partition coefficient (Wildman–Crippen LogP) is 4.93. The van der Waals surface area contributed by atoms with Crippen LogP contribution in [0.3, 0.4) is 0 Å². The maximum Gasteiger partial charge on any atom is 0.407 e. The fraction of sp³-hybridized carbons (Fsp3) is 0.364. The molecule has 0 spiro atoms. The Morgan fingerprint density at radius 2 is 1.51 bits per heavy atom. The number of carbonyl (C=O) groups excluding carboxylic acids is 2. The Hall–Kier alpha value is -4.17. The summed E-state index contributed by atoms with van der Waals surface area (Å²) in [6, 6.07) is 25.3. The lowest BCUT2D eigenvalue weighted by Gasteiger charge is -2.40. The van der Waals surface area contributed by atoms with E-state index in [0.717, 1.165) is 34.4 Å². The number of likely N-dealkylation sites (tertiary alicyclic amines) is 1. The van der Waals surface area contributed by atoms with Crippen LogP contribution in [-0.4, -0.2) is 59.3 Å². The lowest BCUT2D eigenvalue weighted by Crippen LogP contribution is -2.63. The molecule has 1 saturated heterocycles. The SMILES string of the molecule is CCC[C@@H](NC(=O)OCC1c2ccccc2-c2ccccc21)C(=O)NC1(C(=O)O)CCN(Cc2ccccc2)CC1. The Morgan fingerprint density at radius 1 is 0.927 bits per heavy atom. The zero-order valence-electron chi connectivity index (χ0n) is 23.3. The average molecular weight is 556 g/mol. The number of hydrogen-bond acceptors (Lipinski definition) is 5. The van der Waals surface area contributed by atoms with Crippen molar-refractivity contribution in [3.05, 3.63) is 95.6 Å². The molecule has 2 amide bonds. The molecule has 0 aromatic heterocycles. The normalized spacial score (nSPS) is 16.7. The monoisotopic (exact) mass is 555 g/mol. The average Bonchev–Trinajstić information content (AvgIpc) is 3.31. The maximum absolute atomic E-state index is 13.3. The number of ether oxygens (including phenoxy) is 1. The number of piperidine rings is 1. The van der Waals surface area contributed by atoms with Crippen LogP contribution >= 0.6 is 0 Å². The van der Waals surface area contributed by atoms with Gasteiger partial charge in [-0.1, -0.05) is 92.2 Å². The molecule has 1 atom stereocenters. The number of hydrogen-bond donors (Lipinski definition) is 3. The van der Waals surface area contributed by atoms with E-state index in [1.165, 1.54) is 0 Å². The molecule has 2 aliphatic rings. The van der Waals surface area contributed by atoms with Crippen LogP contribution in [0.2, 0.25) is 0 Å². The van der Waals surface area contributed by atoms with Crippen LogP contribution in [0.25, 0.3) is 11.1 Å². The minimum Gasteiger partial charge on any atom is -0.480 e. The summed E-state index contributed by atoms with van der Waals surface area (Å²) in [7, 11) is 0. The second-order valence-electron chi connectivity index (χ2n) is 10.9. The van der Waals surface area contributed by atoms with Crippen LogP contribution in [0, 0.1) is 0 Å². The summed E-state index contributed by atoms with van der Waals surface area (Å²) in [5.74, 6) is -1.65. The van der Waals surface area contributed by atoms with Gasteiger partial charge in [0.05, 0.1) is 0 Å². The third-order valence-electron chi connectivity index (χ3n) is 8.26. The van der Waals surface area contributed by atoms with E-state index >= 15 is 0 Å². The van der Waals surface area contributed by atoms with Gasteiger partial charge in [-0.3, -0.25) is 9.69 Å². The van der Waals surface area contributed by atoms with Crippen LogP contribution in [0.4, 0.5) is 4.79 Å². The Labute approximate surface area is 240 Å². The number of carboxylic acids is 1. The van der Waals surface area contributed by atoms with Gasteiger partial charge in [0.1, 0.15) is 18.2 Å². The van der Waals surface area contributed by atoms with Crippen molar-refractivity contribution in [2.24, 2.45) is 0 Å². The molecular weight excluding hydrogens is 518 g/mol. The maximum atomic E-state index is 13.3. The molecule has 41 heavy (non-hydrogen) atoms. The largest absolute Gasteiger partial charge is 0.480 e. The highest BCUT2D eigenvalue weighted by atomic mass is 16.5. The van der Waals surface area contributed by atoms with E-state index in [4.69, 9.17) is 4.74 Å². The number of alkyl carbamates (subject to hydrolysis) is 1. The van der Waals surface area contributed by atoms with Crippen LogP contribution in [0.5, 0.6) is 0 Å². The second-order valence-corrected chi connectivity index (χ2v) is 10.9. The van der Waals surface area contributed by atoms with Crippen molar-refractivity contribution in [2.45, 2.75) is 56.7 Å². The fourth-order valence-electron chi connectivity index (χ4n) is 5.99. The van der Waals surface area contributed by atoms with Gasteiger partial charge in [0, 0.05) is 25.6 Å². The molecule has 8 heteroatoms. The minimum absolute atomic E-state index is 0.0945. The van der Waals surface area contributed by atoms with Crippen molar-refractivity contribution in [1.82, 2.24) is 15.5 Å². The van der Waals surface area contributed by atoms with E-state index in [1.807, 2.05) is 73.7 Å². The third kappa shape index (κ3) is 6.28. The van der Waals surface area contributed by atoms with E-state index in [2.05, 4.69) is 27.7 Å². The molecule has 1 fully saturated rings. The molecule has 1 aliphatic heterocycles. The van der Waals surface area contributed by atoms with Crippen molar-refractivity contribution in [1.29, 1.82) is 0 Å². The second kappa shape index (κ2) is 12.6. The molecule has 8 nitrogen and oxygen atoms in total. The number of benzene rings is 3. The van der Waals surface area contributed by atoms with Crippen molar-refractivity contribution in [2.75, 3.05) is 19.7 Å². The van der Waals surface area contributed by atoms with Gasteiger partial charge in [-0.2, -0.15) is 0 Å². The van der Waals surface area contributed by atoms with E-state index in [9.17, 15) is 19.5 Å². The molecule has 3 N–H and O–H groups in total. The molecule has 0 unspecified atom stereocenters. The lowest BCUT2D eigenvalue weighted by atomic mass is 9.86. The van der Waals surface area contributed by atoms with Crippen molar-refractivity contribution in [3.63, 3.8) is 0 Å². The smallest absolute Gasteiger partial charge is 0.407 e. The van der Waals surface area contributed by atoms with Gasteiger partial charge in [0.15, 0.2) is 0 Å². The summed E-state index contributed by atoms with van der Waals surface area (Å²) in [4.78, 5) is 40.8. The summed E-state index contributed by atoms with van der Waals surface area (Å²) >= 11 is 0. The highest BCUT2D eigenvalue weighted by molar-refractivity contribution is 5.91. The molecule has 3 aromatic carbocycles. The number of fused-ring (bicyclic) bond motifs is 3. The number of carboxylic acid groups (broad SMARTS) is 1. The highest BCUT2D eigenvalue weighted by Crippen LogP contribution is 2.44. The number of amides is 2. The van der Waals surface area contributed by atoms with Gasteiger partial charge in [-0.25, -0.2) is 9.59 Å². The topological polar surface area (TPSA) is 108 Å². The zero-order valence-corrected chi connectivity index (χ0v) is 23.3. The molecule has 1 aliphatic carbocycles. The lowest BCUT2D eigenvalue weighted by molar-refractivity contribution is -0.150. The van der Waals surface area contributed by atoms with Crippen LogP contribution in [0.1, 0.15) is 55.2 Å². The van der Waals surface area contributed by atoms with Gasteiger partial charge < -0.3 is 20.5 Å². The van der Waals surface area contributed by atoms with Gasteiger partial charge in [-0.15, -0.1) is 0 Å². The van der Waals surface area contributed by atoms with Crippen LogP contribution in [-0.2, 0) is 20.9 Å². The minimum atomic E-state index is -1.38. The molecule has 214 valence electrons. The van der Waals surface area contributed by atoms with Crippen molar-refractivity contribution < 1.29 is 24.2 Å². The number of nitrogens with one attached hydrogen (secondary N) is 2.